The van der Waals surface area contributed by atoms with Crippen LogP contribution in [0, 0.1) is 0 Å². The maximum atomic E-state index is 5.67. The Bertz CT molecular complexity index is 678. The van der Waals surface area contributed by atoms with Gasteiger partial charge in [-0.1, -0.05) is 24.3 Å². The third kappa shape index (κ3) is 2.16. The minimum absolute atomic E-state index is 0.278. The minimum Gasteiger partial charge on any atom is -0.270 e. The summed E-state index contributed by atoms with van der Waals surface area (Å²) in [5.74, 6) is 6.30. The average Bonchev–Trinajstić information content (AvgIpc) is 2.49. The van der Waals surface area contributed by atoms with Gasteiger partial charge in [0.2, 0.25) is 0 Å². The van der Waals surface area contributed by atoms with Gasteiger partial charge < -0.3 is 0 Å². The van der Waals surface area contributed by atoms with Crippen LogP contribution in [-0.2, 0) is 0 Å². The summed E-state index contributed by atoms with van der Waals surface area (Å²) < 4.78 is 0. The molecular formula is C14H13N5. The van der Waals surface area contributed by atoms with Gasteiger partial charge in [0, 0.05) is 29.5 Å². The van der Waals surface area contributed by atoms with Gasteiger partial charge in [-0.25, -0.2) is 15.4 Å². The van der Waals surface area contributed by atoms with E-state index in [9.17, 15) is 0 Å². The van der Waals surface area contributed by atoms with Gasteiger partial charge in [0.1, 0.15) is 6.04 Å². The smallest absolute Gasteiger partial charge is 0.150 e. The number of hydrogen-bond acceptors (Lipinski definition) is 5. The highest BCUT2D eigenvalue weighted by Gasteiger charge is 2.17. The van der Waals surface area contributed by atoms with Crippen LogP contribution in [0.3, 0.4) is 0 Å². The van der Waals surface area contributed by atoms with Crippen molar-refractivity contribution < 1.29 is 0 Å². The molecule has 1 atom stereocenters. The molecule has 0 aliphatic rings. The SMILES string of the molecule is NNC(c1ncccn1)c1cccc2cccnc12. The molecule has 19 heavy (non-hydrogen) atoms. The van der Waals surface area contributed by atoms with E-state index in [0.717, 1.165) is 16.5 Å². The monoisotopic (exact) mass is 251 g/mol. The van der Waals surface area contributed by atoms with E-state index in [1.54, 1.807) is 24.7 Å². The van der Waals surface area contributed by atoms with Crippen LogP contribution in [-0.4, -0.2) is 15.0 Å². The molecule has 0 amide bonds. The summed E-state index contributed by atoms with van der Waals surface area (Å²) in [6.07, 6.45) is 5.17. The predicted octanol–water partition coefficient (Wildman–Crippen LogP) is 1.58. The maximum absolute atomic E-state index is 5.67. The van der Waals surface area contributed by atoms with Crippen molar-refractivity contribution >= 4 is 10.9 Å². The van der Waals surface area contributed by atoms with Crippen molar-refractivity contribution in [1.29, 1.82) is 0 Å². The lowest BCUT2D eigenvalue weighted by Crippen LogP contribution is -2.30. The molecule has 3 rings (SSSR count). The molecule has 3 N–H and O–H groups in total. The van der Waals surface area contributed by atoms with Crippen LogP contribution in [0.15, 0.2) is 55.0 Å². The predicted molar refractivity (Wildman–Crippen MR) is 72.9 cm³/mol. The molecule has 1 unspecified atom stereocenters. The van der Waals surface area contributed by atoms with E-state index in [-0.39, 0.29) is 6.04 Å². The van der Waals surface area contributed by atoms with E-state index >= 15 is 0 Å². The third-order valence-electron chi connectivity index (χ3n) is 2.99. The fraction of sp³-hybridized carbons (Fsp3) is 0.0714. The third-order valence-corrected chi connectivity index (χ3v) is 2.99. The number of hydrazine groups is 1. The maximum Gasteiger partial charge on any atom is 0.150 e. The Balaban J connectivity index is 2.17. The van der Waals surface area contributed by atoms with Crippen LogP contribution in [0.25, 0.3) is 10.9 Å². The molecule has 5 heteroatoms. The second-order valence-electron chi connectivity index (χ2n) is 4.13. The lowest BCUT2D eigenvalue weighted by Gasteiger charge is -2.16. The van der Waals surface area contributed by atoms with Crippen LogP contribution in [0.2, 0.25) is 0 Å². The Morgan fingerprint density at radius 1 is 0.895 bits per heavy atom. The van der Waals surface area contributed by atoms with Gasteiger partial charge in [-0.3, -0.25) is 10.8 Å². The van der Waals surface area contributed by atoms with Crippen molar-refractivity contribution in [3.63, 3.8) is 0 Å². The molecule has 0 saturated carbocycles. The Morgan fingerprint density at radius 3 is 2.42 bits per heavy atom. The standard InChI is InChI=1S/C14H13N5/c15-19-13(14-17-8-3-9-18-14)11-6-1-4-10-5-2-7-16-12(10)11/h1-9,13,19H,15H2. The van der Waals surface area contributed by atoms with Gasteiger partial charge >= 0.3 is 0 Å². The van der Waals surface area contributed by atoms with Gasteiger partial charge in [0.05, 0.1) is 5.52 Å². The summed E-state index contributed by atoms with van der Waals surface area (Å²) >= 11 is 0. The summed E-state index contributed by atoms with van der Waals surface area (Å²) in [5, 5.41) is 1.07. The van der Waals surface area contributed by atoms with Crippen molar-refractivity contribution in [3.8, 4) is 0 Å². The zero-order valence-electron chi connectivity index (χ0n) is 10.2. The molecule has 1 aromatic carbocycles. The number of nitrogens with one attached hydrogen (secondary N) is 1. The molecule has 0 fully saturated rings. The van der Waals surface area contributed by atoms with Crippen molar-refractivity contribution in [2.24, 2.45) is 5.84 Å². The van der Waals surface area contributed by atoms with Crippen LogP contribution in [0.1, 0.15) is 17.4 Å². The quantitative estimate of drug-likeness (QED) is 0.546. The van der Waals surface area contributed by atoms with Crippen LogP contribution >= 0.6 is 0 Å². The van der Waals surface area contributed by atoms with Crippen LogP contribution in [0.4, 0.5) is 0 Å². The van der Waals surface area contributed by atoms with E-state index in [1.807, 2.05) is 30.3 Å². The van der Waals surface area contributed by atoms with Crippen molar-refractivity contribution in [3.05, 3.63) is 66.4 Å². The van der Waals surface area contributed by atoms with Gasteiger partial charge in [-0.05, 0) is 12.1 Å². The molecule has 0 saturated heterocycles. The summed E-state index contributed by atoms with van der Waals surface area (Å²) in [5.41, 5.74) is 4.63. The number of benzene rings is 1. The van der Waals surface area contributed by atoms with Gasteiger partial charge in [-0.15, -0.1) is 0 Å². The van der Waals surface area contributed by atoms with Gasteiger partial charge in [0.25, 0.3) is 0 Å². The minimum atomic E-state index is -0.278. The molecule has 0 spiro atoms. The molecule has 94 valence electrons. The number of rotatable bonds is 3. The molecule has 0 radical (unpaired) electrons. The highest BCUT2D eigenvalue weighted by Crippen LogP contribution is 2.24. The summed E-state index contributed by atoms with van der Waals surface area (Å²) in [6.45, 7) is 0. The fourth-order valence-electron chi connectivity index (χ4n) is 2.12. The molecule has 2 aromatic heterocycles. The highest BCUT2D eigenvalue weighted by atomic mass is 15.2. The number of aromatic nitrogens is 3. The summed E-state index contributed by atoms with van der Waals surface area (Å²) in [7, 11) is 0. The number of para-hydroxylation sites is 1. The van der Waals surface area contributed by atoms with Crippen LogP contribution < -0.4 is 11.3 Å². The van der Waals surface area contributed by atoms with E-state index in [1.165, 1.54) is 0 Å². The normalized spacial score (nSPS) is 12.5. The molecule has 2 heterocycles. The molecule has 0 aliphatic heterocycles. The first-order chi connectivity index (χ1) is 9.40. The Labute approximate surface area is 110 Å². The second-order valence-corrected chi connectivity index (χ2v) is 4.13. The Hall–Kier alpha value is -2.37. The van der Waals surface area contributed by atoms with Crippen LogP contribution in [0.5, 0.6) is 0 Å². The zero-order valence-corrected chi connectivity index (χ0v) is 10.2. The lowest BCUT2D eigenvalue weighted by atomic mass is 10.0. The first-order valence-corrected chi connectivity index (χ1v) is 5.97. The van der Waals surface area contributed by atoms with E-state index in [4.69, 9.17) is 5.84 Å². The Morgan fingerprint density at radius 2 is 1.63 bits per heavy atom. The van der Waals surface area contributed by atoms with Crippen molar-refractivity contribution in [2.45, 2.75) is 6.04 Å². The first kappa shape index (κ1) is 11.7. The lowest BCUT2D eigenvalue weighted by molar-refractivity contribution is 0.604. The number of fused-ring (bicyclic) bond motifs is 1. The summed E-state index contributed by atoms with van der Waals surface area (Å²) in [4.78, 5) is 12.9. The largest absolute Gasteiger partial charge is 0.270 e. The van der Waals surface area contributed by atoms with Crippen molar-refractivity contribution in [1.82, 2.24) is 20.4 Å². The molecule has 3 aromatic rings. The topological polar surface area (TPSA) is 76.7 Å². The summed E-state index contributed by atoms with van der Waals surface area (Å²) in [6, 6.07) is 11.4. The van der Waals surface area contributed by atoms with Gasteiger partial charge in [-0.2, -0.15) is 0 Å². The van der Waals surface area contributed by atoms with Crippen molar-refractivity contribution in [2.75, 3.05) is 0 Å². The second kappa shape index (κ2) is 5.09. The Kier molecular flexibility index (Phi) is 3.14. The number of hydrogen-bond donors (Lipinski definition) is 2. The number of pyridine rings is 1. The zero-order chi connectivity index (χ0) is 13.1. The van der Waals surface area contributed by atoms with E-state index in [0.29, 0.717) is 5.82 Å². The average molecular weight is 251 g/mol. The first-order valence-electron chi connectivity index (χ1n) is 5.97. The van der Waals surface area contributed by atoms with E-state index < -0.39 is 0 Å². The fourth-order valence-corrected chi connectivity index (χ4v) is 2.12. The molecule has 0 aliphatic carbocycles. The molecule has 5 nitrogen and oxygen atoms in total. The number of nitrogens with zero attached hydrogens (tertiary/aromatic N) is 3. The number of nitrogens with two attached hydrogens (primary N) is 1. The highest BCUT2D eigenvalue weighted by molar-refractivity contribution is 5.82. The van der Waals surface area contributed by atoms with Gasteiger partial charge in [0.15, 0.2) is 5.82 Å². The van der Waals surface area contributed by atoms with E-state index in [2.05, 4.69) is 20.4 Å². The molecule has 0 bridgehead atoms. The molecular weight excluding hydrogens is 238 g/mol.